The first-order valence-electron chi connectivity index (χ1n) is 6.75. The van der Waals surface area contributed by atoms with Crippen molar-refractivity contribution in [2.24, 2.45) is 4.99 Å². The molecule has 0 amide bonds. The predicted octanol–water partition coefficient (Wildman–Crippen LogP) is 3.63. The monoisotopic (exact) mass is 263 g/mol. The average molecular weight is 263 g/mol. The average Bonchev–Trinajstić information content (AvgIpc) is 2.48. The third kappa shape index (κ3) is 2.88. The SMILES string of the molecule is CC1C=CNC(Nc2cccc(-c3ccccc3)c2)=N1. The maximum absolute atomic E-state index is 4.49. The summed E-state index contributed by atoms with van der Waals surface area (Å²) in [5.41, 5.74) is 3.43. The molecule has 3 heteroatoms. The topological polar surface area (TPSA) is 36.4 Å². The van der Waals surface area contributed by atoms with Crippen molar-refractivity contribution in [3.63, 3.8) is 0 Å². The lowest BCUT2D eigenvalue weighted by Crippen LogP contribution is -2.30. The summed E-state index contributed by atoms with van der Waals surface area (Å²) in [7, 11) is 0. The molecule has 2 aromatic carbocycles. The Labute approximate surface area is 119 Å². The van der Waals surface area contributed by atoms with Crippen LogP contribution in [0.25, 0.3) is 11.1 Å². The highest BCUT2D eigenvalue weighted by Gasteiger charge is 2.05. The van der Waals surface area contributed by atoms with Crippen LogP contribution in [0.1, 0.15) is 6.92 Å². The Hall–Kier alpha value is -2.55. The molecule has 2 N–H and O–H groups in total. The number of nitrogens with one attached hydrogen (secondary N) is 2. The Kier molecular flexibility index (Phi) is 3.50. The molecule has 3 nitrogen and oxygen atoms in total. The number of rotatable bonds is 2. The minimum absolute atomic E-state index is 0.205. The summed E-state index contributed by atoms with van der Waals surface area (Å²) in [6.45, 7) is 2.05. The molecule has 1 aliphatic heterocycles. The van der Waals surface area contributed by atoms with E-state index in [1.165, 1.54) is 11.1 Å². The van der Waals surface area contributed by atoms with Crippen LogP contribution in [0.5, 0.6) is 0 Å². The summed E-state index contributed by atoms with van der Waals surface area (Å²) >= 11 is 0. The van der Waals surface area contributed by atoms with Crippen molar-refractivity contribution in [1.82, 2.24) is 5.32 Å². The van der Waals surface area contributed by atoms with Gasteiger partial charge in [-0.25, -0.2) is 4.99 Å². The van der Waals surface area contributed by atoms with Crippen molar-refractivity contribution in [2.75, 3.05) is 5.32 Å². The highest BCUT2D eigenvalue weighted by atomic mass is 15.2. The lowest BCUT2D eigenvalue weighted by molar-refractivity contribution is 0.883. The second-order valence-electron chi connectivity index (χ2n) is 4.79. The van der Waals surface area contributed by atoms with Gasteiger partial charge in [-0.2, -0.15) is 0 Å². The van der Waals surface area contributed by atoms with Crippen molar-refractivity contribution < 1.29 is 0 Å². The van der Waals surface area contributed by atoms with E-state index in [0.717, 1.165) is 11.6 Å². The van der Waals surface area contributed by atoms with Gasteiger partial charge in [0.05, 0.1) is 6.04 Å². The van der Waals surface area contributed by atoms with Gasteiger partial charge in [-0.15, -0.1) is 0 Å². The van der Waals surface area contributed by atoms with Gasteiger partial charge >= 0.3 is 0 Å². The fourth-order valence-electron chi connectivity index (χ4n) is 2.16. The molecule has 0 aromatic heterocycles. The second-order valence-corrected chi connectivity index (χ2v) is 4.79. The molecular weight excluding hydrogens is 246 g/mol. The van der Waals surface area contributed by atoms with Gasteiger partial charge in [0.2, 0.25) is 0 Å². The van der Waals surface area contributed by atoms with Gasteiger partial charge < -0.3 is 10.6 Å². The zero-order valence-corrected chi connectivity index (χ0v) is 11.4. The molecule has 1 aliphatic rings. The minimum Gasteiger partial charge on any atom is -0.333 e. The van der Waals surface area contributed by atoms with Gasteiger partial charge in [0.15, 0.2) is 5.96 Å². The van der Waals surface area contributed by atoms with Crippen LogP contribution in [-0.4, -0.2) is 12.0 Å². The largest absolute Gasteiger partial charge is 0.333 e. The summed E-state index contributed by atoms with van der Waals surface area (Å²) in [4.78, 5) is 4.49. The minimum atomic E-state index is 0.205. The third-order valence-corrected chi connectivity index (χ3v) is 3.16. The van der Waals surface area contributed by atoms with Crippen molar-refractivity contribution >= 4 is 11.6 Å². The number of anilines is 1. The molecule has 3 rings (SSSR count). The number of hydrogen-bond donors (Lipinski definition) is 2. The molecule has 1 unspecified atom stereocenters. The number of guanidine groups is 1. The van der Waals surface area contributed by atoms with Crippen LogP contribution < -0.4 is 10.6 Å². The van der Waals surface area contributed by atoms with Crippen LogP contribution in [0.4, 0.5) is 5.69 Å². The van der Waals surface area contributed by atoms with Crippen molar-refractivity contribution in [2.45, 2.75) is 13.0 Å². The molecule has 0 aliphatic carbocycles. The highest BCUT2D eigenvalue weighted by Crippen LogP contribution is 2.22. The Morgan fingerprint density at radius 2 is 1.80 bits per heavy atom. The lowest BCUT2D eigenvalue weighted by atomic mass is 10.1. The number of hydrogen-bond acceptors (Lipinski definition) is 3. The van der Waals surface area contributed by atoms with E-state index >= 15 is 0 Å². The summed E-state index contributed by atoms with van der Waals surface area (Å²) in [6, 6.07) is 18.9. The molecule has 0 bridgehead atoms. The van der Waals surface area contributed by atoms with E-state index in [-0.39, 0.29) is 6.04 Å². The maximum atomic E-state index is 4.49. The molecule has 1 atom stereocenters. The molecule has 100 valence electrons. The normalized spacial score (nSPS) is 17.2. The van der Waals surface area contributed by atoms with Crippen LogP contribution in [0.2, 0.25) is 0 Å². The number of benzene rings is 2. The Morgan fingerprint density at radius 1 is 1.00 bits per heavy atom. The van der Waals surface area contributed by atoms with E-state index in [1.807, 2.05) is 30.5 Å². The van der Waals surface area contributed by atoms with Gasteiger partial charge in [-0.05, 0) is 36.3 Å². The molecule has 20 heavy (non-hydrogen) atoms. The van der Waals surface area contributed by atoms with Crippen LogP contribution in [0.15, 0.2) is 71.9 Å². The molecule has 1 heterocycles. The first-order valence-corrected chi connectivity index (χ1v) is 6.75. The molecule has 0 saturated carbocycles. The zero-order chi connectivity index (χ0) is 13.8. The Morgan fingerprint density at radius 3 is 2.60 bits per heavy atom. The molecule has 0 saturated heterocycles. The van der Waals surface area contributed by atoms with Gasteiger partial charge in [-0.3, -0.25) is 0 Å². The van der Waals surface area contributed by atoms with E-state index in [9.17, 15) is 0 Å². The van der Waals surface area contributed by atoms with Crippen LogP contribution in [-0.2, 0) is 0 Å². The summed E-state index contributed by atoms with van der Waals surface area (Å²) in [5.74, 6) is 0.783. The molecule has 0 radical (unpaired) electrons. The second kappa shape index (κ2) is 5.61. The standard InChI is InChI=1S/C17H17N3/c1-13-10-11-18-17(19-13)20-16-9-5-8-15(12-16)14-6-3-2-4-7-14/h2-13H,1H3,(H2,18,19,20). The maximum Gasteiger partial charge on any atom is 0.200 e. The van der Waals surface area contributed by atoms with Crippen LogP contribution in [0, 0.1) is 0 Å². The van der Waals surface area contributed by atoms with Crippen molar-refractivity contribution in [3.8, 4) is 11.1 Å². The van der Waals surface area contributed by atoms with E-state index < -0.39 is 0 Å². The van der Waals surface area contributed by atoms with Crippen molar-refractivity contribution in [1.29, 1.82) is 0 Å². The van der Waals surface area contributed by atoms with Crippen molar-refractivity contribution in [3.05, 3.63) is 66.9 Å². The van der Waals surface area contributed by atoms with Crippen LogP contribution in [0.3, 0.4) is 0 Å². The van der Waals surface area contributed by atoms with Gasteiger partial charge in [0.1, 0.15) is 0 Å². The molecular formula is C17H17N3. The predicted molar refractivity (Wildman–Crippen MR) is 84.7 cm³/mol. The molecule has 0 spiro atoms. The fourth-order valence-corrected chi connectivity index (χ4v) is 2.16. The van der Waals surface area contributed by atoms with Crippen LogP contribution >= 0.6 is 0 Å². The van der Waals surface area contributed by atoms with E-state index in [4.69, 9.17) is 0 Å². The summed E-state index contributed by atoms with van der Waals surface area (Å²) < 4.78 is 0. The molecule has 2 aromatic rings. The van der Waals surface area contributed by atoms with E-state index in [1.54, 1.807) is 0 Å². The Balaban J connectivity index is 1.82. The lowest BCUT2D eigenvalue weighted by Gasteiger charge is -2.15. The first kappa shape index (κ1) is 12.5. The number of aliphatic imine (C=N–C) groups is 1. The zero-order valence-electron chi connectivity index (χ0n) is 11.4. The van der Waals surface area contributed by atoms with Gasteiger partial charge in [0.25, 0.3) is 0 Å². The first-order chi connectivity index (χ1) is 9.81. The third-order valence-electron chi connectivity index (χ3n) is 3.16. The molecule has 0 fully saturated rings. The summed E-state index contributed by atoms with van der Waals surface area (Å²) in [6.07, 6.45) is 3.94. The smallest absolute Gasteiger partial charge is 0.200 e. The fraction of sp³-hybridized carbons (Fsp3) is 0.118. The van der Waals surface area contributed by atoms with E-state index in [0.29, 0.717) is 0 Å². The van der Waals surface area contributed by atoms with E-state index in [2.05, 4.69) is 58.9 Å². The summed E-state index contributed by atoms with van der Waals surface area (Å²) in [5, 5.41) is 6.42. The number of nitrogens with zero attached hydrogens (tertiary/aromatic N) is 1. The quantitative estimate of drug-likeness (QED) is 0.868. The van der Waals surface area contributed by atoms with Gasteiger partial charge in [0, 0.05) is 11.9 Å². The Bertz CT molecular complexity index is 644. The highest BCUT2D eigenvalue weighted by molar-refractivity contribution is 5.95. The van der Waals surface area contributed by atoms with Gasteiger partial charge in [-0.1, -0.05) is 42.5 Å².